The molecule has 1 unspecified atom stereocenters. The number of carbonyl (C=O) groups is 2. The van der Waals surface area contributed by atoms with Crippen LogP contribution in [0.2, 0.25) is 0 Å². The molecule has 1 aromatic carbocycles. The summed E-state index contributed by atoms with van der Waals surface area (Å²) in [5.41, 5.74) is 0.542. The van der Waals surface area contributed by atoms with Gasteiger partial charge in [0.1, 0.15) is 13.2 Å². The van der Waals surface area contributed by atoms with Gasteiger partial charge in [-0.1, -0.05) is 0 Å². The van der Waals surface area contributed by atoms with E-state index in [1.807, 2.05) is 14.0 Å². The quantitative estimate of drug-likeness (QED) is 0.735. The van der Waals surface area contributed by atoms with Crippen LogP contribution >= 0.6 is 12.4 Å². The number of halogens is 1. The third kappa shape index (κ3) is 5.73. The van der Waals surface area contributed by atoms with E-state index in [9.17, 15) is 9.59 Å². The van der Waals surface area contributed by atoms with Crippen LogP contribution in [-0.4, -0.2) is 44.5 Å². The molecule has 0 bridgehead atoms. The molecular weight excluding hydrogens is 320 g/mol. The maximum atomic E-state index is 12.1. The first kappa shape index (κ1) is 19.3. The van der Waals surface area contributed by atoms with E-state index in [-0.39, 0.29) is 43.0 Å². The lowest BCUT2D eigenvalue weighted by molar-refractivity contribution is -0.121. The molecule has 0 radical (unpaired) electrons. The van der Waals surface area contributed by atoms with Crippen molar-refractivity contribution in [2.75, 3.05) is 26.8 Å². The molecule has 2 rings (SSSR count). The van der Waals surface area contributed by atoms with Crippen molar-refractivity contribution in [3.05, 3.63) is 23.8 Å². The number of nitrogens with one attached hydrogen (secondary N) is 2. The van der Waals surface area contributed by atoms with Crippen LogP contribution < -0.4 is 20.1 Å². The van der Waals surface area contributed by atoms with Gasteiger partial charge in [-0.05, 0) is 32.2 Å². The van der Waals surface area contributed by atoms with Crippen LogP contribution in [0, 0.1) is 0 Å². The molecule has 1 heterocycles. The molecular formula is C16H23ClN2O4. The van der Waals surface area contributed by atoms with Crippen LogP contribution in [0.25, 0.3) is 0 Å². The van der Waals surface area contributed by atoms with E-state index >= 15 is 0 Å². The van der Waals surface area contributed by atoms with Gasteiger partial charge in [-0.3, -0.25) is 9.59 Å². The van der Waals surface area contributed by atoms with Gasteiger partial charge in [0.05, 0.1) is 0 Å². The predicted octanol–water partition coefficient (Wildman–Crippen LogP) is 1.57. The van der Waals surface area contributed by atoms with Crippen molar-refractivity contribution in [1.82, 2.24) is 10.6 Å². The summed E-state index contributed by atoms with van der Waals surface area (Å²) in [5.74, 6) is 1.05. The summed E-state index contributed by atoms with van der Waals surface area (Å²) >= 11 is 0. The average Bonchev–Trinajstić information content (AvgIpc) is 2.56. The third-order valence-electron chi connectivity index (χ3n) is 3.54. The minimum Gasteiger partial charge on any atom is -0.486 e. The average molecular weight is 343 g/mol. The van der Waals surface area contributed by atoms with Gasteiger partial charge in [0.25, 0.3) is 0 Å². The normalized spacial score (nSPS) is 13.7. The Labute approximate surface area is 142 Å². The second-order valence-corrected chi connectivity index (χ2v) is 5.28. The Hall–Kier alpha value is -1.79. The fourth-order valence-electron chi connectivity index (χ4n) is 2.05. The zero-order valence-corrected chi connectivity index (χ0v) is 14.2. The summed E-state index contributed by atoms with van der Waals surface area (Å²) in [6, 6.07) is 5.32. The van der Waals surface area contributed by atoms with Crippen LogP contribution in [0.3, 0.4) is 0 Å². The second-order valence-electron chi connectivity index (χ2n) is 5.28. The van der Waals surface area contributed by atoms with Crippen LogP contribution in [0.5, 0.6) is 11.5 Å². The van der Waals surface area contributed by atoms with Crippen LogP contribution in [0.4, 0.5) is 0 Å². The first-order valence-corrected chi connectivity index (χ1v) is 7.47. The number of ketones is 1. The minimum absolute atomic E-state index is 0. The number of rotatable bonds is 7. The van der Waals surface area contributed by atoms with E-state index in [4.69, 9.17) is 9.47 Å². The highest BCUT2D eigenvalue weighted by Crippen LogP contribution is 2.31. The van der Waals surface area contributed by atoms with Crippen molar-refractivity contribution in [2.45, 2.75) is 25.8 Å². The van der Waals surface area contributed by atoms with Gasteiger partial charge < -0.3 is 20.1 Å². The van der Waals surface area contributed by atoms with Crippen molar-refractivity contribution in [1.29, 1.82) is 0 Å². The molecule has 1 atom stereocenters. The second kappa shape index (κ2) is 9.37. The number of likely N-dealkylation sites (N-methyl/N-ethyl adjacent to an activating group) is 1. The molecule has 1 aromatic rings. The van der Waals surface area contributed by atoms with Gasteiger partial charge in [0.2, 0.25) is 5.91 Å². The van der Waals surface area contributed by atoms with E-state index in [0.717, 1.165) is 0 Å². The van der Waals surface area contributed by atoms with Gasteiger partial charge in [0, 0.05) is 31.0 Å². The van der Waals surface area contributed by atoms with Crippen molar-refractivity contribution in [2.24, 2.45) is 0 Å². The number of benzene rings is 1. The molecule has 0 aliphatic carbocycles. The van der Waals surface area contributed by atoms with E-state index in [1.54, 1.807) is 18.2 Å². The lowest BCUT2D eigenvalue weighted by Gasteiger charge is -2.18. The molecule has 23 heavy (non-hydrogen) atoms. The standard InChI is InChI=1S/C16H22N2O4.ClH/c1-11(17-2)10-18-16(20)6-4-13(19)12-3-5-14-15(9-12)22-8-7-21-14;/h3,5,9,11,17H,4,6-8,10H2,1-2H3,(H,18,20);1H. The number of ether oxygens (including phenoxy) is 2. The van der Waals surface area contributed by atoms with E-state index in [0.29, 0.717) is 36.8 Å². The summed E-state index contributed by atoms with van der Waals surface area (Å²) in [6.45, 7) is 3.52. The van der Waals surface area contributed by atoms with Gasteiger partial charge in [-0.2, -0.15) is 0 Å². The fourth-order valence-corrected chi connectivity index (χ4v) is 2.05. The minimum atomic E-state index is -0.118. The Morgan fingerprint density at radius 1 is 1.17 bits per heavy atom. The molecule has 1 amide bonds. The molecule has 1 aliphatic heterocycles. The highest BCUT2D eigenvalue weighted by atomic mass is 35.5. The van der Waals surface area contributed by atoms with Crippen LogP contribution in [0.15, 0.2) is 18.2 Å². The van der Waals surface area contributed by atoms with Gasteiger partial charge in [-0.15, -0.1) is 12.4 Å². The van der Waals surface area contributed by atoms with Crippen molar-refractivity contribution in [3.63, 3.8) is 0 Å². The molecule has 2 N–H and O–H groups in total. The monoisotopic (exact) mass is 342 g/mol. The zero-order valence-electron chi connectivity index (χ0n) is 13.4. The van der Waals surface area contributed by atoms with E-state index in [2.05, 4.69) is 10.6 Å². The predicted molar refractivity (Wildman–Crippen MR) is 89.8 cm³/mol. The molecule has 7 heteroatoms. The summed E-state index contributed by atoms with van der Waals surface area (Å²) in [4.78, 5) is 23.8. The number of amides is 1. The third-order valence-corrected chi connectivity index (χ3v) is 3.54. The molecule has 0 saturated heterocycles. The maximum Gasteiger partial charge on any atom is 0.220 e. The molecule has 0 spiro atoms. The molecule has 6 nitrogen and oxygen atoms in total. The fraction of sp³-hybridized carbons (Fsp3) is 0.500. The van der Waals surface area contributed by atoms with Gasteiger partial charge in [-0.25, -0.2) is 0 Å². The number of carbonyl (C=O) groups excluding carboxylic acids is 2. The first-order chi connectivity index (χ1) is 10.6. The Bertz CT molecular complexity index is 551. The summed E-state index contributed by atoms with van der Waals surface area (Å²) in [5, 5.41) is 5.82. The largest absolute Gasteiger partial charge is 0.486 e. The topological polar surface area (TPSA) is 76.7 Å². The van der Waals surface area contributed by atoms with Crippen molar-refractivity contribution >= 4 is 24.1 Å². The molecule has 0 aromatic heterocycles. The summed E-state index contributed by atoms with van der Waals surface area (Å²) in [6.07, 6.45) is 0.364. The highest BCUT2D eigenvalue weighted by molar-refractivity contribution is 5.98. The lowest BCUT2D eigenvalue weighted by Crippen LogP contribution is -2.37. The number of hydrogen-bond donors (Lipinski definition) is 2. The first-order valence-electron chi connectivity index (χ1n) is 7.47. The zero-order chi connectivity index (χ0) is 15.9. The Morgan fingerprint density at radius 2 is 1.87 bits per heavy atom. The molecule has 0 fully saturated rings. The Balaban J connectivity index is 0.00000264. The molecule has 128 valence electrons. The SMILES string of the molecule is CNC(C)CNC(=O)CCC(=O)c1ccc2c(c1)OCCO2.Cl. The van der Waals surface area contributed by atoms with Gasteiger partial charge in [0.15, 0.2) is 17.3 Å². The summed E-state index contributed by atoms with van der Waals surface area (Å²) < 4.78 is 10.9. The van der Waals surface area contributed by atoms with Crippen molar-refractivity contribution < 1.29 is 19.1 Å². The number of hydrogen-bond acceptors (Lipinski definition) is 5. The molecule has 0 saturated carbocycles. The summed E-state index contributed by atoms with van der Waals surface area (Å²) in [7, 11) is 1.84. The van der Waals surface area contributed by atoms with Crippen molar-refractivity contribution in [3.8, 4) is 11.5 Å². The smallest absolute Gasteiger partial charge is 0.220 e. The Morgan fingerprint density at radius 3 is 2.57 bits per heavy atom. The van der Waals surface area contributed by atoms with E-state index < -0.39 is 0 Å². The van der Waals surface area contributed by atoms with Gasteiger partial charge >= 0.3 is 0 Å². The highest BCUT2D eigenvalue weighted by Gasteiger charge is 2.15. The lowest BCUT2D eigenvalue weighted by atomic mass is 10.1. The Kier molecular flexibility index (Phi) is 7.85. The van der Waals surface area contributed by atoms with Crippen LogP contribution in [-0.2, 0) is 4.79 Å². The van der Waals surface area contributed by atoms with E-state index in [1.165, 1.54) is 0 Å². The number of fused-ring (bicyclic) bond motifs is 1. The van der Waals surface area contributed by atoms with Crippen LogP contribution in [0.1, 0.15) is 30.1 Å². The number of Topliss-reactive ketones (excluding diaryl/α,β-unsaturated/α-hetero) is 1. The molecule has 1 aliphatic rings. The maximum absolute atomic E-state index is 12.1.